The molecule has 0 aliphatic carbocycles. The molecule has 0 saturated heterocycles. The molecule has 11 heavy (non-hydrogen) atoms. The smallest absolute Gasteiger partial charge is 0.0546 e. The Balaban J connectivity index is 3.73. The first-order chi connectivity index (χ1) is 5.09. The standard InChI is InChI=1S/C9H18N2/c1-4-5-6-7(2)9(11)8(3)10/h7,10-11H,4-6H2,1-3H3. The predicted octanol–water partition coefficient (Wildman–Crippen LogP) is 2.87. The van der Waals surface area contributed by atoms with Crippen LogP contribution < -0.4 is 0 Å². The lowest BCUT2D eigenvalue weighted by Crippen LogP contribution is -2.17. The average Bonchev–Trinajstić information content (AvgIpc) is 1.98. The van der Waals surface area contributed by atoms with Gasteiger partial charge in [0.15, 0.2) is 0 Å². The van der Waals surface area contributed by atoms with E-state index in [0.717, 1.165) is 12.8 Å². The molecule has 0 radical (unpaired) electrons. The molecule has 0 fully saturated rings. The number of hydrogen-bond acceptors (Lipinski definition) is 2. The van der Waals surface area contributed by atoms with E-state index >= 15 is 0 Å². The van der Waals surface area contributed by atoms with E-state index in [1.54, 1.807) is 6.92 Å². The fraction of sp³-hybridized carbons (Fsp3) is 0.778. The molecule has 0 aromatic carbocycles. The van der Waals surface area contributed by atoms with Crippen molar-refractivity contribution in [3.63, 3.8) is 0 Å². The fourth-order valence-corrected chi connectivity index (χ4v) is 1.02. The van der Waals surface area contributed by atoms with Crippen LogP contribution in [0.5, 0.6) is 0 Å². The molecule has 0 saturated carbocycles. The summed E-state index contributed by atoms with van der Waals surface area (Å²) in [6.07, 6.45) is 3.39. The van der Waals surface area contributed by atoms with Crippen LogP contribution in [0.4, 0.5) is 0 Å². The van der Waals surface area contributed by atoms with Crippen LogP contribution in [0.25, 0.3) is 0 Å². The third kappa shape index (κ3) is 3.91. The lowest BCUT2D eigenvalue weighted by molar-refractivity contribution is 0.625. The van der Waals surface area contributed by atoms with Crippen LogP contribution >= 0.6 is 0 Å². The molecule has 2 nitrogen and oxygen atoms in total. The Morgan fingerprint density at radius 3 is 2.27 bits per heavy atom. The Labute approximate surface area is 69.0 Å². The minimum atomic E-state index is 0.271. The molecule has 1 unspecified atom stereocenters. The first-order valence-corrected chi connectivity index (χ1v) is 4.23. The third-order valence-electron chi connectivity index (χ3n) is 1.89. The van der Waals surface area contributed by atoms with Crippen LogP contribution in [-0.2, 0) is 0 Å². The Morgan fingerprint density at radius 2 is 1.91 bits per heavy atom. The summed E-state index contributed by atoms with van der Waals surface area (Å²) in [5.41, 5.74) is 0.909. The molecular formula is C9H18N2. The molecule has 2 N–H and O–H groups in total. The second-order valence-electron chi connectivity index (χ2n) is 3.08. The Kier molecular flexibility index (Phi) is 4.75. The summed E-state index contributed by atoms with van der Waals surface area (Å²) in [5, 5.41) is 14.7. The molecule has 0 aliphatic rings. The maximum atomic E-state index is 7.50. The highest BCUT2D eigenvalue weighted by Gasteiger charge is 2.08. The van der Waals surface area contributed by atoms with Crippen LogP contribution in [0.15, 0.2) is 0 Å². The minimum Gasteiger partial charge on any atom is -0.304 e. The summed E-state index contributed by atoms with van der Waals surface area (Å²) < 4.78 is 0. The Bertz CT molecular complexity index is 150. The summed E-state index contributed by atoms with van der Waals surface area (Å²) in [7, 11) is 0. The van der Waals surface area contributed by atoms with Crippen molar-refractivity contribution in [3.8, 4) is 0 Å². The van der Waals surface area contributed by atoms with Crippen molar-refractivity contribution < 1.29 is 0 Å². The van der Waals surface area contributed by atoms with E-state index in [1.165, 1.54) is 6.42 Å². The van der Waals surface area contributed by atoms with Gasteiger partial charge < -0.3 is 10.8 Å². The van der Waals surface area contributed by atoms with Gasteiger partial charge in [-0.05, 0) is 19.3 Å². The summed E-state index contributed by atoms with van der Waals surface area (Å²) in [4.78, 5) is 0. The molecule has 0 rings (SSSR count). The van der Waals surface area contributed by atoms with Gasteiger partial charge >= 0.3 is 0 Å². The monoisotopic (exact) mass is 154 g/mol. The second-order valence-corrected chi connectivity index (χ2v) is 3.08. The fourth-order valence-electron chi connectivity index (χ4n) is 1.02. The van der Waals surface area contributed by atoms with Gasteiger partial charge in [-0.3, -0.25) is 0 Å². The van der Waals surface area contributed by atoms with E-state index in [0.29, 0.717) is 11.4 Å². The van der Waals surface area contributed by atoms with Gasteiger partial charge in [-0.1, -0.05) is 26.7 Å². The molecule has 0 bridgehead atoms. The van der Waals surface area contributed by atoms with Crippen LogP contribution in [0, 0.1) is 16.7 Å². The normalized spacial score (nSPS) is 12.6. The molecule has 0 aromatic rings. The zero-order valence-corrected chi connectivity index (χ0v) is 7.70. The summed E-state index contributed by atoms with van der Waals surface area (Å²) in [6, 6.07) is 0. The second kappa shape index (κ2) is 5.05. The van der Waals surface area contributed by atoms with Crippen molar-refractivity contribution in [2.45, 2.75) is 40.0 Å². The van der Waals surface area contributed by atoms with Crippen molar-refractivity contribution in [2.75, 3.05) is 0 Å². The van der Waals surface area contributed by atoms with Crippen molar-refractivity contribution in [1.29, 1.82) is 10.8 Å². The molecule has 1 atom stereocenters. The van der Waals surface area contributed by atoms with Crippen molar-refractivity contribution >= 4 is 11.4 Å². The van der Waals surface area contributed by atoms with E-state index in [-0.39, 0.29) is 5.92 Å². The van der Waals surface area contributed by atoms with E-state index in [9.17, 15) is 0 Å². The molecule has 2 heteroatoms. The highest BCUT2D eigenvalue weighted by atomic mass is 14.5. The van der Waals surface area contributed by atoms with E-state index in [1.807, 2.05) is 6.92 Å². The topological polar surface area (TPSA) is 47.7 Å². The number of nitrogens with one attached hydrogen (secondary N) is 2. The Hall–Kier alpha value is -0.660. The van der Waals surface area contributed by atoms with Gasteiger partial charge in [0.25, 0.3) is 0 Å². The molecular weight excluding hydrogens is 136 g/mol. The highest BCUT2D eigenvalue weighted by molar-refractivity contribution is 6.39. The molecule has 0 aliphatic heterocycles. The van der Waals surface area contributed by atoms with Crippen molar-refractivity contribution in [3.05, 3.63) is 0 Å². The quantitative estimate of drug-likeness (QED) is 0.572. The van der Waals surface area contributed by atoms with Crippen LogP contribution in [-0.4, -0.2) is 11.4 Å². The van der Waals surface area contributed by atoms with Gasteiger partial charge in [0.1, 0.15) is 0 Å². The van der Waals surface area contributed by atoms with Crippen LogP contribution in [0.3, 0.4) is 0 Å². The largest absolute Gasteiger partial charge is 0.304 e. The van der Waals surface area contributed by atoms with Gasteiger partial charge in [-0.25, -0.2) is 0 Å². The van der Waals surface area contributed by atoms with Gasteiger partial charge in [0.2, 0.25) is 0 Å². The maximum Gasteiger partial charge on any atom is 0.0546 e. The maximum absolute atomic E-state index is 7.50. The molecule has 64 valence electrons. The van der Waals surface area contributed by atoms with Crippen molar-refractivity contribution in [2.24, 2.45) is 5.92 Å². The zero-order chi connectivity index (χ0) is 8.85. The van der Waals surface area contributed by atoms with Crippen LogP contribution in [0.1, 0.15) is 40.0 Å². The van der Waals surface area contributed by atoms with Crippen LogP contribution in [0.2, 0.25) is 0 Å². The number of hydrogen-bond donors (Lipinski definition) is 2. The average molecular weight is 154 g/mol. The Morgan fingerprint density at radius 1 is 1.36 bits per heavy atom. The first kappa shape index (κ1) is 10.3. The lowest BCUT2D eigenvalue weighted by Gasteiger charge is -2.10. The van der Waals surface area contributed by atoms with Gasteiger partial charge in [0, 0.05) is 5.71 Å². The van der Waals surface area contributed by atoms with E-state index in [4.69, 9.17) is 10.8 Å². The highest BCUT2D eigenvalue weighted by Crippen LogP contribution is 2.09. The SMILES string of the molecule is CCCCC(C)C(=N)C(C)=N. The third-order valence-corrected chi connectivity index (χ3v) is 1.89. The minimum absolute atomic E-state index is 0.271. The lowest BCUT2D eigenvalue weighted by atomic mass is 9.96. The zero-order valence-electron chi connectivity index (χ0n) is 7.70. The summed E-state index contributed by atoms with van der Waals surface area (Å²) in [5.74, 6) is 0.271. The molecule has 0 heterocycles. The van der Waals surface area contributed by atoms with Gasteiger partial charge in [-0.2, -0.15) is 0 Å². The first-order valence-electron chi connectivity index (χ1n) is 4.23. The molecule has 0 aromatic heterocycles. The molecule has 0 amide bonds. The van der Waals surface area contributed by atoms with E-state index in [2.05, 4.69) is 6.92 Å². The van der Waals surface area contributed by atoms with E-state index < -0.39 is 0 Å². The predicted molar refractivity (Wildman–Crippen MR) is 49.8 cm³/mol. The summed E-state index contributed by atoms with van der Waals surface area (Å²) >= 11 is 0. The van der Waals surface area contributed by atoms with Crippen molar-refractivity contribution in [1.82, 2.24) is 0 Å². The number of rotatable bonds is 5. The number of unbranched alkanes of at least 4 members (excludes halogenated alkanes) is 1. The summed E-state index contributed by atoms with van der Waals surface area (Å²) in [6.45, 7) is 5.86. The van der Waals surface area contributed by atoms with Gasteiger partial charge in [0.05, 0.1) is 5.71 Å². The van der Waals surface area contributed by atoms with Gasteiger partial charge in [-0.15, -0.1) is 0 Å². The molecule has 0 spiro atoms.